The molecule has 1 aliphatic heterocycles. The van der Waals surface area contributed by atoms with Crippen LogP contribution in [0.25, 0.3) is 0 Å². The lowest BCUT2D eigenvalue weighted by atomic mass is 9.97. The van der Waals surface area contributed by atoms with Crippen molar-refractivity contribution in [3.8, 4) is 11.5 Å². The highest BCUT2D eigenvalue weighted by Gasteiger charge is 2.31. The van der Waals surface area contributed by atoms with E-state index in [0.717, 1.165) is 18.5 Å². The highest BCUT2D eigenvalue weighted by molar-refractivity contribution is 5.46. The van der Waals surface area contributed by atoms with Crippen LogP contribution in [0.15, 0.2) is 12.1 Å². The van der Waals surface area contributed by atoms with Crippen LogP contribution < -0.4 is 5.73 Å². The van der Waals surface area contributed by atoms with Gasteiger partial charge in [0, 0.05) is 18.2 Å². The summed E-state index contributed by atoms with van der Waals surface area (Å²) < 4.78 is 0. The zero-order chi connectivity index (χ0) is 12.6. The van der Waals surface area contributed by atoms with E-state index in [1.54, 1.807) is 19.1 Å². The predicted molar refractivity (Wildman–Crippen MR) is 67.0 cm³/mol. The molecule has 1 aliphatic rings. The normalized spacial score (nSPS) is 25.4. The minimum Gasteiger partial charge on any atom is -0.508 e. The molecule has 1 aromatic carbocycles. The summed E-state index contributed by atoms with van der Waals surface area (Å²) in [5, 5.41) is 19.7. The maximum absolute atomic E-state index is 9.98. The summed E-state index contributed by atoms with van der Waals surface area (Å²) in [5.74, 6) is 0.963. The number of nitrogens with zero attached hydrogens (tertiary/aromatic N) is 1. The number of phenols is 2. The fourth-order valence-electron chi connectivity index (χ4n) is 2.60. The van der Waals surface area contributed by atoms with Gasteiger partial charge in [0.15, 0.2) is 0 Å². The molecule has 0 amide bonds. The third-order valence-electron chi connectivity index (χ3n) is 3.67. The van der Waals surface area contributed by atoms with Gasteiger partial charge in [0.05, 0.1) is 0 Å². The first-order valence-electron chi connectivity index (χ1n) is 5.95. The van der Waals surface area contributed by atoms with E-state index in [0.29, 0.717) is 18.0 Å². The Morgan fingerprint density at radius 1 is 1.35 bits per heavy atom. The molecule has 1 aromatic rings. The second-order valence-electron chi connectivity index (χ2n) is 4.99. The third kappa shape index (κ3) is 2.23. The molecule has 0 bridgehead atoms. The number of aromatic hydroxyl groups is 2. The first-order chi connectivity index (χ1) is 8.02. The Morgan fingerprint density at radius 3 is 2.65 bits per heavy atom. The smallest absolute Gasteiger partial charge is 0.120 e. The van der Waals surface area contributed by atoms with Crippen molar-refractivity contribution < 1.29 is 10.2 Å². The van der Waals surface area contributed by atoms with Gasteiger partial charge in [0.1, 0.15) is 11.5 Å². The van der Waals surface area contributed by atoms with Crippen molar-refractivity contribution in [3.63, 3.8) is 0 Å². The maximum atomic E-state index is 9.98. The van der Waals surface area contributed by atoms with Gasteiger partial charge in [0.2, 0.25) is 0 Å². The first-order valence-corrected chi connectivity index (χ1v) is 5.95. The molecule has 0 radical (unpaired) electrons. The zero-order valence-corrected chi connectivity index (χ0v) is 10.3. The number of hydrogen-bond donors (Lipinski definition) is 3. The molecule has 1 fully saturated rings. The summed E-state index contributed by atoms with van der Waals surface area (Å²) >= 11 is 0. The standard InChI is InChI=1S/C13H20N2O2/c1-8-3-13(17)10(5-12(8)16)11-4-9(6-14)7-15(11)2/h3,5,9,11,16-17H,4,6-7,14H2,1-2H3. The predicted octanol–water partition coefficient (Wildman–Crippen LogP) is 1.36. The molecule has 17 heavy (non-hydrogen) atoms. The number of phenolic OH excluding ortho intramolecular Hbond substituents is 2. The molecule has 2 atom stereocenters. The van der Waals surface area contributed by atoms with Gasteiger partial charge in [-0.05, 0) is 50.6 Å². The fourth-order valence-corrected chi connectivity index (χ4v) is 2.60. The van der Waals surface area contributed by atoms with Crippen LogP contribution in [0.2, 0.25) is 0 Å². The van der Waals surface area contributed by atoms with Crippen LogP contribution in [0.1, 0.15) is 23.6 Å². The van der Waals surface area contributed by atoms with Crippen LogP contribution in [-0.4, -0.2) is 35.3 Å². The van der Waals surface area contributed by atoms with Crippen molar-refractivity contribution in [3.05, 3.63) is 23.3 Å². The average molecular weight is 236 g/mol. The van der Waals surface area contributed by atoms with Crippen molar-refractivity contribution in [1.82, 2.24) is 4.90 Å². The molecule has 0 saturated carbocycles. The lowest BCUT2D eigenvalue weighted by Crippen LogP contribution is -2.20. The van der Waals surface area contributed by atoms with Crippen LogP contribution in [-0.2, 0) is 0 Å². The lowest BCUT2D eigenvalue weighted by molar-refractivity contribution is 0.304. The van der Waals surface area contributed by atoms with E-state index in [-0.39, 0.29) is 17.5 Å². The SMILES string of the molecule is Cc1cc(O)c(C2CC(CN)CN2C)cc1O. The molecule has 2 rings (SSSR count). The van der Waals surface area contributed by atoms with Gasteiger partial charge in [-0.3, -0.25) is 4.90 Å². The van der Waals surface area contributed by atoms with E-state index in [4.69, 9.17) is 5.73 Å². The lowest BCUT2D eigenvalue weighted by Gasteiger charge is -2.21. The summed E-state index contributed by atoms with van der Waals surface area (Å²) in [7, 11) is 2.02. The number of benzene rings is 1. The Bertz CT molecular complexity index is 420. The van der Waals surface area contributed by atoms with E-state index in [1.807, 2.05) is 7.05 Å². The van der Waals surface area contributed by atoms with Crippen LogP contribution in [0, 0.1) is 12.8 Å². The highest BCUT2D eigenvalue weighted by atomic mass is 16.3. The monoisotopic (exact) mass is 236 g/mol. The van der Waals surface area contributed by atoms with Gasteiger partial charge >= 0.3 is 0 Å². The van der Waals surface area contributed by atoms with Crippen molar-refractivity contribution in [2.45, 2.75) is 19.4 Å². The van der Waals surface area contributed by atoms with E-state index in [9.17, 15) is 10.2 Å². The van der Waals surface area contributed by atoms with E-state index < -0.39 is 0 Å². The van der Waals surface area contributed by atoms with Crippen molar-refractivity contribution in [2.75, 3.05) is 20.1 Å². The minimum absolute atomic E-state index is 0.148. The molecule has 94 valence electrons. The molecule has 0 spiro atoms. The molecule has 4 heteroatoms. The van der Waals surface area contributed by atoms with E-state index in [1.165, 1.54) is 0 Å². The Morgan fingerprint density at radius 2 is 2.06 bits per heavy atom. The first kappa shape index (κ1) is 12.2. The number of nitrogens with two attached hydrogens (primary N) is 1. The van der Waals surface area contributed by atoms with Gasteiger partial charge in [-0.2, -0.15) is 0 Å². The van der Waals surface area contributed by atoms with Crippen LogP contribution >= 0.6 is 0 Å². The van der Waals surface area contributed by atoms with Gasteiger partial charge in [-0.25, -0.2) is 0 Å². The number of likely N-dealkylation sites (tertiary alicyclic amines) is 1. The summed E-state index contributed by atoms with van der Waals surface area (Å²) in [4.78, 5) is 2.18. The second kappa shape index (κ2) is 4.55. The van der Waals surface area contributed by atoms with Crippen molar-refractivity contribution in [2.24, 2.45) is 11.7 Å². The summed E-state index contributed by atoms with van der Waals surface area (Å²) in [6, 6.07) is 3.44. The Kier molecular flexibility index (Phi) is 3.26. The van der Waals surface area contributed by atoms with Gasteiger partial charge in [-0.15, -0.1) is 0 Å². The average Bonchev–Trinajstić information content (AvgIpc) is 2.65. The fraction of sp³-hybridized carbons (Fsp3) is 0.538. The van der Waals surface area contributed by atoms with Crippen LogP contribution in [0.5, 0.6) is 11.5 Å². The molecule has 4 nitrogen and oxygen atoms in total. The molecule has 2 unspecified atom stereocenters. The Hall–Kier alpha value is -1.26. The van der Waals surface area contributed by atoms with Crippen molar-refractivity contribution in [1.29, 1.82) is 0 Å². The van der Waals surface area contributed by atoms with Crippen LogP contribution in [0.3, 0.4) is 0 Å². The summed E-state index contributed by atoms with van der Waals surface area (Å²) in [6.45, 7) is 3.38. The Balaban J connectivity index is 2.31. The topological polar surface area (TPSA) is 69.7 Å². The molecular formula is C13H20N2O2. The zero-order valence-electron chi connectivity index (χ0n) is 10.3. The van der Waals surface area contributed by atoms with Gasteiger partial charge in [0.25, 0.3) is 0 Å². The molecule has 4 N–H and O–H groups in total. The highest BCUT2D eigenvalue weighted by Crippen LogP contribution is 2.40. The summed E-state index contributed by atoms with van der Waals surface area (Å²) in [5.41, 5.74) is 7.18. The van der Waals surface area contributed by atoms with Crippen molar-refractivity contribution >= 4 is 0 Å². The summed E-state index contributed by atoms with van der Waals surface area (Å²) in [6.07, 6.45) is 0.934. The third-order valence-corrected chi connectivity index (χ3v) is 3.67. The van der Waals surface area contributed by atoms with E-state index >= 15 is 0 Å². The largest absolute Gasteiger partial charge is 0.508 e. The number of aryl methyl sites for hydroxylation is 1. The quantitative estimate of drug-likeness (QED) is 0.678. The number of hydrogen-bond acceptors (Lipinski definition) is 4. The van der Waals surface area contributed by atoms with Gasteiger partial charge < -0.3 is 15.9 Å². The minimum atomic E-state index is 0.148. The van der Waals surface area contributed by atoms with Crippen LogP contribution in [0.4, 0.5) is 0 Å². The van der Waals surface area contributed by atoms with Gasteiger partial charge in [-0.1, -0.05) is 0 Å². The molecule has 0 aliphatic carbocycles. The molecular weight excluding hydrogens is 216 g/mol. The second-order valence-corrected chi connectivity index (χ2v) is 4.99. The Labute approximate surface area is 102 Å². The molecule has 0 aromatic heterocycles. The number of rotatable bonds is 2. The molecule has 1 saturated heterocycles. The molecule has 1 heterocycles. The van der Waals surface area contributed by atoms with E-state index in [2.05, 4.69) is 4.90 Å². The maximum Gasteiger partial charge on any atom is 0.120 e.